The van der Waals surface area contributed by atoms with E-state index < -0.39 is 0 Å². The lowest BCUT2D eigenvalue weighted by Gasteiger charge is -2.07. The Balaban J connectivity index is 1.82. The summed E-state index contributed by atoms with van der Waals surface area (Å²) in [6.07, 6.45) is 3.83. The van der Waals surface area contributed by atoms with E-state index in [1.165, 1.54) is 4.90 Å². The monoisotopic (exact) mass is 365 g/mol. The van der Waals surface area contributed by atoms with Gasteiger partial charge in [-0.1, -0.05) is 35.8 Å². The van der Waals surface area contributed by atoms with Crippen LogP contribution < -0.4 is 5.32 Å². The zero-order valence-electron chi connectivity index (χ0n) is 12.3. The number of halogens is 1. The molecule has 0 bridgehead atoms. The molecule has 0 atom stereocenters. The lowest BCUT2D eigenvalue weighted by Crippen LogP contribution is -2.19. The molecule has 0 fully saturated rings. The highest BCUT2D eigenvalue weighted by atomic mass is 79.9. The summed E-state index contributed by atoms with van der Waals surface area (Å²) >= 11 is 5.23. The molecule has 1 heterocycles. The zero-order valence-corrected chi connectivity index (χ0v) is 14.7. The van der Waals surface area contributed by atoms with Crippen LogP contribution in [0.2, 0.25) is 0 Å². The molecule has 0 unspecified atom stereocenters. The van der Waals surface area contributed by atoms with Gasteiger partial charge in [-0.05, 0) is 30.7 Å². The first-order valence-electron chi connectivity index (χ1n) is 7.02. The van der Waals surface area contributed by atoms with E-state index in [0.29, 0.717) is 5.92 Å². The van der Waals surface area contributed by atoms with Crippen molar-refractivity contribution in [2.24, 2.45) is 5.92 Å². The average molecular weight is 366 g/mol. The highest BCUT2D eigenvalue weighted by molar-refractivity contribution is 9.10. The molecular weight excluding hydrogens is 346 g/mol. The summed E-state index contributed by atoms with van der Waals surface area (Å²) in [7, 11) is 0. The minimum absolute atomic E-state index is 0.659. The Bertz CT molecular complexity index is 558. The molecule has 2 aromatic rings. The maximum atomic E-state index is 4.43. The Labute approximate surface area is 139 Å². The quantitative estimate of drug-likeness (QED) is 0.743. The Kier molecular flexibility index (Phi) is 6.67. The van der Waals surface area contributed by atoms with Gasteiger partial charge in [-0.3, -0.25) is 0 Å². The van der Waals surface area contributed by atoms with E-state index in [2.05, 4.69) is 57.2 Å². The molecule has 0 aliphatic heterocycles. The smallest absolute Gasteiger partial charge is 0.138 e. The van der Waals surface area contributed by atoms with Crippen molar-refractivity contribution in [1.82, 2.24) is 15.3 Å². The molecule has 0 aliphatic rings. The fourth-order valence-electron chi connectivity index (χ4n) is 1.76. The van der Waals surface area contributed by atoms with Gasteiger partial charge >= 0.3 is 0 Å². The number of benzene rings is 1. The second-order valence-electron chi connectivity index (χ2n) is 5.28. The molecule has 0 amide bonds. The van der Waals surface area contributed by atoms with Gasteiger partial charge in [-0.15, -0.1) is 11.8 Å². The van der Waals surface area contributed by atoms with Gasteiger partial charge in [0.1, 0.15) is 5.82 Å². The van der Waals surface area contributed by atoms with Crippen molar-refractivity contribution < 1.29 is 0 Å². The molecule has 1 aromatic heterocycles. The third-order valence-corrected chi connectivity index (χ3v) is 4.29. The van der Waals surface area contributed by atoms with Crippen molar-refractivity contribution in [2.45, 2.75) is 31.0 Å². The summed E-state index contributed by atoms with van der Waals surface area (Å²) in [6, 6.07) is 8.27. The molecule has 1 aromatic carbocycles. The standard InChI is InChI=1S/C16H20BrN3S/c1-12(2)7-18-8-13-9-19-16(20-10-13)11-21-15-5-3-4-14(17)6-15/h3-6,9-10,12,18H,7-8,11H2,1-2H3. The van der Waals surface area contributed by atoms with Gasteiger partial charge in [0, 0.05) is 33.9 Å². The first-order valence-corrected chi connectivity index (χ1v) is 8.80. The zero-order chi connectivity index (χ0) is 15.1. The molecule has 5 heteroatoms. The van der Waals surface area contributed by atoms with Crippen molar-refractivity contribution in [1.29, 1.82) is 0 Å². The fourth-order valence-corrected chi connectivity index (χ4v) is 3.14. The third-order valence-electron chi connectivity index (χ3n) is 2.80. The highest BCUT2D eigenvalue weighted by Crippen LogP contribution is 2.24. The molecule has 1 N–H and O–H groups in total. The van der Waals surface area contributed by atoms with Crippen LogP contribution in [-0.2, 0) is 12.3 Å². The minimum Gasteiger partial charge on any atom is -0.312 e. The molecule has 112 valence electrons. The highest BCUT2D eigenvalue weighted by Gasteiger charge is 2.01. The second kappa shape index (κ2) is 8.51. The molecule has 3 nitrogen and oxygen atoms in total. The number of rotatable bonds is 7. The van der Waals surface area contributed by atoms with Crippen molar-refractivity contribution in [3.05, 3.63) is 52.5 Å². The van der Waals surface area contributed by atoms with Crippen LogP contribution >= 0.6 is 27.7 Å². The number of aromatic nitrogens is 2. The third kappa shape index (κ3) is 6.16. The van der Waals surface area contributed by atoms with E-state index in [0.717, 1.165) is 34.7 Å². The van der Waals surface area contributed by atoms with Crippen molar-refractivity contribution in [3.63, 3.8) is 0 Å². The molecule has 0 saturated heterocycles. The number of hydrogen-bond donors (Lipinski definition) is 1. The summed E-state index contributed by atoms with van der Waals surface area (Å²) in [5, 5.41) is 3.39. The maximum absolute atomic E-state index is 4.43. The number of hydrogen-bond acceptors (Lipinski definition) is 4. The van der Waals surface area contributed by atoms with Gasteiger partial charge in [0.05, 0.1) is 5.75 Å². The minimum atomic E-state index is 0.659. The van der Waals surface area contributed by atoms with Gasteiger partial charge in [0.15, 0.2) is 0 Å². The Morgan fingerprint density at radius 3 is 2.67 bits per heavy atom. The molecule has 2 rings (SSSR count). The summed E-state index contributed by atoms with van der Waals surface area (Å²) in [5.74, 6) is 2.32. The summed E-state index contributed by atoms with van der Waals surface area (Å²) in [5.41, 5.74) is 1.13. The van der Waals surface area contributed by atoms with Crippen LogP contribution in [0.25, 0.3) is 0 Å². The van der Waals surface area contributed by atoms with E-state index in [1.807, 2.05) is 24.5 Å². The molecule has 0 radical (unpaired) electrons. The van der Waals surface area contributed by atoms with Crippen molar-refractivity contribution in [3.8, 4) is 0 Å². The van der Waals surface area contributed by atoms with Gasteiger partial charge < -0.3 is 5.32 Å². The van der Waals surface area contributed by atoms with E-state index in [9.17, 15) is 0 Å². The Morgan fingerprint density at radius 1 is 1.24 bits per heavy atom. The normalized spacial score (nSPS) is 11.0. The average Bonchev–Trinajstić information content (AvgIpc) is 2.46. The lowest BCUT2D eigenvalue weighted by atomic mass is 10.2. The topological polar surface area (TPSA) is 37.8 Å². The van der Waals surface area contributed by atoms with E-state index in [-0.39, 0.29) is 0 Å². The fraction of sp³-hybridized carbons (Fsp3) is 0.375. The molecular formula is C16H20BrN3S. The first-order chi connectivity index (χ1) is 10.1. The van der Waals surface area contributed by atoms with Gasteiger partial charge in [0.2, 0.25) is 0 Å². The van der Waals surface area contributed by atoms with E-state index in [4.69, 9.17) is 0 Å². The van der Waals surface area contributed by atoms with Crippen LogP contribution in [0, 0.1) is 5.92 Å². The van der Waals surface area contributed by atoms with Crippen LogP contribution in [0.3, 0.4) is 0 Å². The van der Waals surface area contributed by atoms with Gasteiger partial charge in [-0.2, -0.15) is 0 Å². The van der Waals surface area contributed by atoms with Crippen LogP contribution in [0.15, 0.2) is 46.0 Å². The summed E-state index contributed by atoms with van der Waals surface area (Å²) in [4.78, 5) is 10.1. The van der Waals surface area contributed by atoms with Crippen molar-refractivity contribution >= 4 is 27.7 Å². The van der Waals surface area contributed by atoms with Gasteiger partial charge in [0.25, 0.3) is 0 Å². The van der Waals surface area contributed by atoms with Gasteiger partial charge in [-0.25, -0.2) is 9.97 Å². The number of thioether (sulfide) groups is 1. The largest absolute Gasteiger partial charge is 0.312 e. The predicted octanol–water partition coefficient (Wildman–Crippen LogP) is 4.28. The number of nitrogens with zero attached hydrogens (tertiary/aromatic N) is 2. The summed E-state index contributed by atoms with van der Waals surface area (Å²) in [6.45, 7) is 6.25. The van der Waals surface area contributed by atoms with Crippen LogP contribution in [-0.4, -0.2) is 16.5 Å². The maximum Gasteiger partial charge on any atom is 0.138 e. The molecule has 0 saturated carbocycles. The Morgan fingerprint density at radius 2 is 2.00 bits per heavy atom. The summed E-state index contributed by atoms with van der Waals surface area (Å²) < 4.78 is 1.10. The second-order valence-corrected chi connectivity index (χ2v) is 7.24. The Hall–Kier alpha value is -0.910. The van der Waals surface area contributed by atoms with E-state index >= 15 is 0 Å². The molecule has 0 spiro atoms. The predicted molar refractivity (Wildman–Crippen MR) is 92.3 cm³/mol. The van der Waals surface area contributed by atoms with E-state index in [1.54, 1.807) is 11.8 Å². The molecule has 21 heavy (non-hydrogen) atoms. The SMILES string of the molecule is CC(C)CNCc1cnc(CSc2cccc(Br)c2)nc1. The first kappa shape index (κ1) is 16.5. The van der Waals surface area contributed by atoms with Crippen LogP contribution in [0.5, 0.6) is 0 Å². The van der Waals surface area contributed by atoms with Crippen LogP contribution in [0.1, 0.15) is 25.2 Å². The van der Waals surface area contributed by atoms with Crippen LogP contribution in [0.4, 0.5) is 0 Å². The van der Waals surface area contributed by atoms with Crippen molar-refractivity contribution in [2.75, 3.05) is 6.54 Å². The molecule has 0 aliphatic carbocycles. The lowest BCUT2D eigenvalue weighted by molar-refractivity contribution is 0.551. The number of nitrogens with one attached hydrogen (secondary N) is 1.